The molecule has 1 aromatic rings. The fourth-order valence-electron chi connectivity index (χ4n) is 3.03. The first-order chi connectivity index (χ1) is 9.24. The van der Waals surface area contributed by atoms with Crippen LogP contribution in [0.1, 0.15) is 51.0 Å². The van der Waals surface area contributed by atoms with Crippen molar-refractivity contribution in [2.24, 2.45) is 0 Å². The standard InChI is InChI=1S/C17H27NS/c1-4-13(2)19-17-12-15(10-11-16(17)18-3)14-8-6-5-7-9-14/h5-9,13,15-18H,4,10-12H2,1-3H3. The summed E-state index contributed by atoms with van der Waals surface area (Å²) in [6.45, 7) is 4.66. The zero-order valence-electron chi connectivity index (χ0n) is 12.4. The number of benzene rings is 1. The van der Waals surface area contributed by atoms with Gasteiger partial charge in [-0.1, -0.05) is 44.2 Å². The average molecular weight is 277 g/mol. The highest BCUT2D eigenvalue weighted by molar-refractivity contribution is 8.00. The second-order valence-corrected chi connectivity index (χ2v) is 7.39. The SMILES string of the molecule is CCC(C)SC1CC(c2ccccc2)CCC1NC. The smallest absolute Gasteiger partial charge is 0.0209 e. The molecule has 1 saturated carbocycles. The van der Waals surface area contributed by atoms with E-state index in [-0.39, 0.29) is 0 Å². The Morgan fingerprint density at radius 1 is 1.26 bits per heavy atom. The van der Waals surface area contributed by atoms with Crippen LogP contribution in [0.3, 0.4) is 0 Å². The minimum atomic E-state index is 0.693. The Bertz CT molecular complexity index is 365. The quantitative estimate of drug-likeness (QED) is 0.854. The lowest BCUT2D eigenvalue weighted by Gasteiger charge is -2.37. The lowest BCUT2D eigenvalue weighted by molar-refractivity contribution is 0.368. The van der Waals surface area contributed by atoms with Crippen molar-refractivity contribution in [2.75, 3.05) is 7.05 Å². The zero-order chi connectivity index (χ0) is 13.7. The maximum atomic E-state index is 3.53. The molecule has 2 rings (SSSR count). The molecule has 1 aliphatic rings. The predicted molar refractivity (Wildman–Crippen MR) is 87.0 cm³/mol. The zero-order valence-corrected chi connectivity index (χ0v) is 13.2. The van der Waals surface area contributed by atoms with E-state index in [2.05, 4.69) is 68.3 Å². The van der Waals surface area contributed by atoms with Crippen LogP contribution in [0.4, 0.5) is 0 Å². The Labute approximate surface area is 122 Å². The van der Waals surface area contributed by atoms with Crippen molar-refractivity contribution in [3.8, 4) is 0 Å². The number of nitrogens with one attached hydrogen (secondary N) is 1. The van der Waals surface area contributed by atoms with Gasteiger partial charge in [-0.25, -0.2) is 0 Å². The molecule has 0 bridgehead atoms. The van der Waals surface area contributed by atoms with Crippen molar-refractivity contribution in [3.05, 3.63) is 35.9 Å². The fraction of sp³-hybridized carbons (Fsp3) is 0.647. The summed E-state index contributed by atoms with van der Waals surface area (Å²) in [6, 6.07) is 11.8. The molecule has 2 heteroatoms. The van der Waals surface area contributed by atoms with Gasteiger partial charge in [-0.15, -0.1) is 0 Å². The van der Waals surface area contributed by atoms with Crippen molar-refractivity contribution >= 4 is 11.8 Å². The molecule has 0 saturated heterocycles. The van der Waals surface area contributed by atoms with Gasteiger partial charge in [0.15, 0.2) is 0 Å². The summed E-state index contributed by atoms with van der Waals surface area (Å²) in [5.74, 6) is 0.757. The Hall–Kier alpha value is -0.470. The number of hydrogen-bond donors (Lipinski definition) is 1. The minimum absolute atomic E-state index is 0.693. The molecule has 1 fully saturated rings. The van der Waals surface area contributed by atoms with E-state index >= 15 is 0 Å². The Kier molecular flexibility index (Phi) is 5.77. The van der Waals surface area contributed by atoms with E-state index in [1.54, 1.807) is 0 Å². The molecule has 1 aliphatic carbocycles. The minimum Gasteiger partial charge on any atom is -0.316 e. The summed E-state index contributed by atoms with van der Waals surface area (Å²) in [5, 5.41) is 5.07. The van der Waals surface area contributed by atoms with Crippen LogP contribution < -0.4 is 5.32 Å². The van der Waals surface area contributed by atoms with Gasteiger partial charge in [-0.3, -0.25) is 0 Å². The molecule has 4 atom stereocenters. The largest absolute Gasteiger partial charge is 0.316 e. The highest BCUT2D eigenvalue weighted by Crippen LogP contribution is 2.39. The summed E-state index contributed by atoms with van der Waals surface area (Å²) < 4.78 is 0. The van der Waals surface area contributed by atoms with Gasteiger partial charge >= 0.3 is 0 Å². The maximum Gasteiger partial charge on any atom is 0.0209 e. The van der Waals surface area contributed by atoms with Gasteiger partial charge in [-0.05, 0) is 44.2 Å². The van der Waals surface area contributed by atoms with E-state index in [9.17, 15) is 0 Å². The van der Waals surface area contributed by atoms with Crippen molar-refractivity contribution in [2.45, 2.75) is 62.0 Å². The Balaban J connectivity index is 2.03. The van der Waals surface area contributed by atoms with E-state index in [1.807, 2.05) is 0 Å². The first kappa shape index (κ1) is 14.9. The van der Waals surface area contributed by atoms with Gasteiger partial charge in [-0.2, -0.15) is 11.8 Å². The van der Waals surface area contributed by atoms with Gasteiger partial charge < -0.3 is 5.32 Å². The first-order valence-electron chi connectivity index (χ1n) is 7.62. The van der Waals surface area contributed by atoms with Crippen LogP contribution in [0, 0.1) is 0 Å². The predicted octanol–water partition coefficient (Wildman–Crippen LogP) is 4.44. The van der Waals surface area contributed by atoms with Gasteiger partial charge in [0.2, 0.25) is 0 Å². The van der Waals surface area contributed by atoms with Crippen molar-refractivity contribution in [1.82, 2.24) is 5.32 Å². The summed E-state index contributed by atoms with van der Waals surface area (Å²) in [6.07, 6.45) is 5.23. The molecule has 4 unspecified atom stereocenters. The van der Waals surface area contributed by atoms with Crippen LogP contribution in [0.25, 0.3) is 0 Å². The highest BCUT2D eigenvalue weighted by Gasteiger charge is 2.31. The van der Waals surface area contributed by atoms with Crippen LogP contribution in [0.15, 0.2) is 30.3 Å². The molecule has 0 heterocycles. The summed E-state index contributed by atoms with van der Waals surface area (Å²) in [7, 11) is 2.12. The Morgan fingerprint density at radius 2 is 2.00 bits per heavy atom. The summed E-state index contributed by atoms with van der Waals surface area (Å²) in [4.78, 5) is 0. The lowest BCUT2D eigenvalue weighted by atomic mass is 9.81. The van der Waals surface area contributed by atoms with Crippen LogP contribution in [0.2, 0.25) is 0 Å². The van der Waals surface area contributed by atoms with E-state index < -0.39 is 0 Å². The van der Waals surface area contributed by atoms with Crippen LogP contribution in [-0.2, 0) is 0 Å². The normalized spacial score (nSPS) is 29.1. The molecule has 0 spiro atoms. The summed E-state index contributed by atoms with van der Waals surface area (Å²) in [5.41, 5.74) is 1.53. The van der Waals surface area contributed by atoms with Crippen LogP contribution in [0.5, 0.6) is 0 Å². The average Bonchev–Trinajstić information content (AvgIpc) is 2.48. The van der Waals surface area contributed by atoms with Crippen molar-refractivity contribution < 1.29 is 0 Å². The van der Waals surface area contributed by atoms with Crippen LogP contribution in [-0.4, -0.2) is 23.6 Å². The Morgan fingerprint density at radius 3 is 2.63 bits per heavy atom. The molecule has 0 aliphatic heterocycles. The molecule has 0 aromatic heterocycles. The van der Waals surface area contributed by atoms with Gasteiger partial charge in [0, 0.05) is 16.5 Å². The second kappa shape index (κ2) is 7.35. The van der Waals surface area contributed by atoms with Crippen molar-refractivity contribution in [3.63, 3.8) is 0 Å². The van der Waals surface area contributed by atoms with E-state index in [0.29, 0.717) is 6.04 Å². The van der Waals surface area contributed by atoms with Gasteiger partial charge in [0.05, 0.1) is 0 Å². The highest BCUT2D eigenvalue weighted by atomic mass is 32.2. The number of hydrogen-bond acceptors (Lipinski definition) is 2. The molecular weight excluding hydrogens is 250 g/mol. The molecule has 106 valence electrons. The topological polar surface area (TPSA) is 12.0 Å². The summed E-state index contributed by atoms with van der Waals surface area (Å²) >= 11 is 2.19. The molecule has 0 amide bonds. The maximum absolute atomic E-state index is 3.53. The third-order valence-corrected chi connectivity index (χ3v) is 6.08. The third kappa shape index (κ3) is 4.00. The van der Waals surface area contributed by atoms with Crippen LogP contribution >= 0.6 is 11.8 Å². The van der Waals surface area contributed by atoms with E-state index in [4.69, 9.17) is 0 Å². The monoisotopic (exact) mass is 277 g/mol. The molecule has 1 nitrogen and oxygen atoms in total. The lowest BCUT2D eigenvalue weighted by Crippen LogP contribution is -2.41. The molecular formula is C17H27NS. The number of rotatable bonds is 5. The number of thioether (sulfide) groups is 1. The fourth-order valence-corrected chi connectivity index (χ4v) is 4.63. The second-order valence-electron chi connectivity index (χ2n) is 5.71. The molecule has 1 N–H and O–H groups in total. The first-order valence-corrected chi connectivity index (χ1v) is 8.56. The molecule has 19 heavy (non-hydrogen) atoms. The van der Waals surface area contributed by atoms with Gasteiger partial charge in [0.1, 0.15) is 0 Å². The molecule has 0 radical (unpaired) electrons. The molecule has 1 aromatic carbocycles. The van der Waals surface area contributed by atoms with E-state index in [1.165, 1.54) is 31.2 Å². The van der Waals surface area contributed by atoms with Gasteiger partial charge in [0.25, 0.3) is 0 Å². The van der Waals surface area contributed by atoms with Crippen molar-refractivity contribution in [1.29, 1.82) is 0 Å². The van der Waals surface area contributed by atoms with E-state index in [0.717, 1.165) is 16.4 Å². The third-order valence-electron chi connectivity index (χ3n) is 4.42.